The summed E-state index contributed by atoms with van der Waals surface area (Å²) in [5, 5.41) is 0.356. The molecule has 0 saturated carbocycles. The molecule has 0 fully saturated rings. The summed E-state index contributed by atoms with van der Waals surface area (Å²) in [5.41, 5.74) is 0. The Labute approximate surface area is 60.7 Å². The maximum Gasteiger partial charge on any atom is 0.235 e. The predicted octanol–water partition coefficient (Wildman–Crippen LogP) is 2.25. The Morgan fingerprint density at radius 3 is 2.22 bits per heavy atom. The lowest BCUT2D eigenvalue weighted by atomic mass is 10.3. The van der Waals surface area contributed by atoms with Crippen LogP contribution in [0.3, 0.4) is 0 Å². The summed E-state index contributed by atoms with van der Waals surface area (Å²) in [6, 6.07) is 0. The van der Waals surface area contributed by atoms with Gasteiger partial charge in [0.05, 0.1) is 0 Å². The van der Waals surface area contributed by atoms with Gasteiger partial charge in [0.1, 0.15) is 0 Å². The average molecular weight is 144 g/mol. The highest BCUT2D eigenvalue weighted by Gasteiger charge is 2.11. The van der Waals surface area contributed by atoms with Gasteiger partial charge in [-0.15, -0.1) is 0 Å². The molecule has 9 heavy (non-hydrogen) atoms. The highest BCUT2D eigenvalue weighted by Crippen LogP contribution is 2.19. The molecule has 0 aromatic carbocycles. The molecule has 0 heterocycles. The molecule has 0 saturated heterocycles. The van der Waals surface area contributed by atoms with Crippen LogP contribution in [0.25, 0.3) is 0 Å². The quantitative estimate of drug-likeness (QED) is 0.436. The maximum atomic E-state index is 5.38. The highest BCUT2D eigenvalue weighted by molar-refractivity contribution is 6.31. The molecule has 0 bridgehead atoms. The average Bonchev–Trinajstić information content (AvgIpc) is 1.63. The summed E-state index contributed by atoms with van der Waals surface area (Å²) >= 11 is 0. The normalized spacial score (nSPS) is 12.0. The summed E-state index contributed by atoms with van der Waals surface area (Å²) in [5.74, 6) is 0. The maximum absolute atomic E-state index is 5.38. The number of hydrogen-bond acceptors (Lipinski definition) is 1. The highest BCUT2D eigenvalue weighted by atomic mass is 28.2. The first-order valence-electron chi connectivity index (χ1n) is 3.45. The van der Waals surface area contributed by atoms with Gasteiger partial charge in [-0.2, -0.15) is 0 Å². The fourth-order valence-corrected chi connectivity index (χ4v) is 1.11. The molecular weight excluding hydrogens is 128 g/mol. The third kappa shape index (κ3) is 8.18. The van der Waals surface area contributed by atoms with Crippen molar-refractivity contribution < 1.29 is 4.43 Å². The van der Waals surface area contributed by atoms with E-state index in [2.05, 4.69) is 27.7 Å². The minimum Gasteiger partial charge on any atom is -0.417 e. The first-order chi connectivity index (χ1) is 4.06. The number of rotatable bonds is 3. The van der Waals surface area contributed by atoms with Gasteiger partial charge in [-0.1, -0.05) is 27.7 Å². The summed E-state index contributed by atoms with van der Waals surface area (Å²) in [7, 11) is 0.648. The minimum atomic E-state index is 0.356. The lowest BCUT2D eigenvalue weighted by Crippen LogP contribution is -2.12. The van der Waals surface area contributed by atoms with E-state index in [9.17, 15) is 0 Å². The van der Waals surface area contributed by atoms with Crippen LogP contribution >= 0.6 is 0 Å². The van der Waals surface area contributed by atoms with E-state index >= 15 is 0 Å². The smallest absolute Gasteiger partial charge is 0.235 e. The molecule has 1 nitrogen and oxygen atoms in total. The van der Waals surface area contributed by atoms with Crippen molar-refractivity contribution in [2.24, 2.45) is 0 Å². The van der Waals surface area contributed by atoms with Crippen LogP contribution in [0.15, 0.2) is 0 Å². The third-order valence-corrected chi connectivity index (χ3v) is 1.65. The molecule has 2 radical (unpaired) electrons. The zero-order valence-electron chi connectivity index (χ0n) is 6.82. The van der Waals surface area contributed by atoms with Gasteiger partial charge in [0.2, 0.25) is 9.76 Å². The van der Waals surface area contributed by atoms with E-state index in [4.69, 9.17) is 4.43 Å². The van der Waals surface area contributed by atoms with Gasteiger partial charge >= 0.3 is 0 Å². The second kappa shape index (κ2) is 4.07. The molecule has 0 amide bonds. The molecule has 54 valence electrons. The fraction of sp³-hybridized carbons (Fsp3) is 1.00. The molecule has 0 N–H and O–H groups in total. The van der Waals surface area contributed by atoms with Gasteiger partial charge in [-0.3, -0.25) is 0 Å². The Balaban J connectivity index is 3.07. The Kier molecular flexibility index (Phi) is 4.15. The van der Waals surface area contributed by atoms with E-state index in [1.165, 1.54) is 0 Å². The summed E-state index contributed by atoms with van der Waals surface area (Å²) in [6.45, 7) is 9.63. The van der Waals surface area contributed by atoms with Crippen molar-refractivity contribution in [1.29, 1.82) is 0 Å². The van der Waals surface area contributed by atoms with E-state index in [1.807, 2.05) is 0 Å². The van der Waals surface area contributed by atoms with Crippen LogP contribution in [0.2, 0.25) is 5.04 Å². The van der Waals surface area contributed by atoms with Crippen molar-refractivity contribution >= 4 is 9.76 Å². The second-order valence-corrected chi connectivity index (χ2v) is 5.19. The summed E-state index contributed by atoms with van der Waals surface area (Å²) in [6.07, 6.45) is 1.13. The van der Waals surface area contributed by atoms with Crippen LogP contribution < -0.4 is 0 Å². The lowest BCUT2D eigenvalue weighted by molar-refractivity contribution is 0.320. The molecule has 0 aliphatic rings. The Bertz CT molecular complexity index is 65.8. The van der Waals surface area contributed by atoms with Crippen LogP contribution in [0.1, 0.15) is 34.1 Å². The van der Waals surface area contributed by atoms with Crippen molar-refractivity contribution in [3.8, 4) is 0 Å². The predicted molar refractivity (Wildman–Crippen MR) is 41.7 cm³/mol. The van der Waals surface area contributed by atoms with Gasteiger partial charge in [0.15, 0.2) is 0 Å². The first-order valence-corrected chi connectivity index (χ1v) is 4.36. The molecule has 2 heteroatoms. The van der Waals surface area contributed by atoms with Crippen LogP contribution in [0, 0.1) is 0 Å². The lowest BCUT2D eigenvalue weighted by Gasteiger charge is -2.14. The van der Waals surface area contributed by atoms with Crippen LogP contribution in [0.5, 0.6) is 0 Å². The molecule has 0 aromatic heterocycles. The van der Waals surface area contributed by atoms with E-state index in [0.717, 1.165) is 13.0 Å². The van der Waals surface area contributed by atoms with Crippen molar-refractivity contribution in [1.82, 2.24) is 0 Å². The molecule has 0 aliphatic heterocycles. The van der Waals surface area contributed by atoms with Gasteiger partial charge in [0.25, 0.3) is 0 Å². The topological polar surface area (TPSA) is 9.23 Å². The van der Waals surface area contributed by atoms with Crippen LogP contribution in [-0.2, 0) is 4.43 Å². The Hall–Kier alpha value is 0.177. The Morgan fingerprint density at radius 1 is 1.33 bits per heavy atom. The van der Waals surface area contributed by atoms with E-state index in [-0.39, 0.29) is 0 Å². The van der Waals surface area contributed by atoms with Crippen molar-refractivity contribution in [3.05, 3.63) is 0 Å². The summed E-state index contributed by atoms with van der Waals surface area (Å²) in [4.78, 5) is 0. The van der Waals surface area contributed by atoms with Gasteiger partial charge in [0, 0.05) is 6.61 Å². The zero-order chi connectivity index (χ0) is 7.33. The van der Waals surface area contributed by atoms with Gasteiger partial charge < -0.3 is 4.43 Å². The molecule has 0 spiro atoms. The van der Waals surface area contributed by atoms with Crippen LogP contribution in [0.4, 0.5) is 0 Å². The van der Waals surface area contributed by atoms with E-state index < -0.39 is 0 Å². The summed E-state index contributed by atoms with van der Waals surface area (Å²) < 4.78 is 5.38. The monoisotopic (exact) mass is 144 g/mol. The Morgan fingerprint density at radius 2 is 1.89 bits per heavy atom. The zero-order valence-corrected chi connectivity index (χ0v) is 7.82. The SMILES string of the molecule is CCCO[Si]C(C)(C)C. The van der Waals surface area contributed by atoms with Crippen molar-refractivity contribution in [3.63, 3.8) is 0 Å². The molecule has 0 aromatic rings. The number of hydrogen-bond donors (Lipinski definition) is 0. The minimum absolute atomic E-state index is 0.356. The second-order valence-electron chi connectivity index (χ2n) is 3.20. The first kappa shape index (κ1) is 9.18. The third-order valence-electron chi connectivity index (χ3n) is 0.685. The largest absolute Gasteiger partial charge is 0.417 e. The van der Waals surface area contributed by atoms with Gasteiger partial charge in [-0.05, 0) is 11.5 Å². The van der Waals surface area contributed by atoms with Crippen molar-refractivity contribution in [2.45, 2.75) is 39.2 Å². The van der Waals surface area contributed by atoms with Gasteiger partial charge in [-0.25, -0.2) is 0 Å². The van der Waals surface area contributed by atoms with E-state index in [0.29, 0.717) is 14.8 Å². The van der Waals surface area contributed by atoms with E-state index in [1.54, 1.807) is 0 Å². The van der Waals surface area contributed by atoms with Crippen molar-refractivity contribution in [2.75, 3.05) is 6.61 Å². The molecule has 0 rings (SSSR count). The molecular formula is C7H16OSi. The molecule has 0 unspecified atom stereocenters. The fourth-order valence-electron chi connectivity index (χ4n) is 0.370. The van der Waals surface area contributed by atoms with Crippen LogP contribution in [-0.4, -0.2) is 16.4 Å². The molecule has 0 aliphatic carbocycles. The standard InChI is InChI=1S/C7H16OSi/c1-5-6-8-9-7(2,3)4/h5-6H2,1-4H3. The molecule has 0 atom stereocenters.